The fraction of sp³-hybridized carbons (Fsp3) is 0.462. The van der Waals surface area contributed by atoms with Crippen LogP contribution in [0.1, 0.15) is 64.5 Å². The standard InChI is InChI=1S/C26H29N5O/c1-4-26(18-7-5-6-16(10-18)17-13-28-31(15-17)19-8-9-19)20-14-27-30-24(20)29-21-11-25(2,3)12-22(32)23(21)26/h5-7,10,13-15,19,24,29H,4,8-9,11-12H2,1-3H3/t24?,26-/m1/s1. The van der Waals surface area contributed by atoms with Gasteiger partial charge in [0.15, 0.2) is 11.9 Å². The predicted molar refractivity (Wildman–Crippen MR) is 123 cm³/mol. The fourth-order valence-corrected chi connectivity index (χ4v) is 5.88. The third-order valence-electron chi connectivity index (χ3n) is 7.52. The van der Waals surface area contributed by atoms with E-state index in [-0.39, 0.29) is 17.4 Å². The monoisotopic (exact) mass is 427 g/mol. The highest BCUT2D eigenvalue weighted by molar-refractivity contribution is 6.01. The second kappa shape index (κ2) is 6.74. The summed E-state index contributed by atoms with van der Waals surface area (Å²) in [6.45, 7) is 6.52. The molecule has 0 amide bonds. The minimum absolute atomic E-state index is 0.0569. The van der Waals surface area contributed by atoms with Gasteiger partial charge in [-0.1, -0.05) is 39.0 Å². The van der Waals surface area contributed by atoms with E-state index in [0.717, 1.165) is 46.4 Å². The molecule has 3 heterocycles. The smallest absolute Gasteiger partial charge is 0.164 e. The number of carbonyl (C=O) groups excluding carboxylic acids is 1. The van der Waals surface area contributed by atoms with Gasteiger partial charge in [0, 0.05) is 35.0 Å². The summed E-state index contributed by atoms with van der Waals surface area (Å²) in [6.07, 6.45) is 10.4. The molecular formula is C26H29N5O. The number of azo groups is 1. The number of carbonyl (C=O) groups is 1. The molecule has 2 aliphatic carbocycles. The van der Waals surface area contributed by atoms with Gasteiger partial charge in [-0.05, 0) is 48.3 Å². The van der Waals surface area contributed by atoms with Gasteiger partial charge in [-0.15, -0.1) is 0 Å². The Balaban J connectivity index is 1.52. The molecule has 6 nitrogen and oxygen atoms in total. The van der Waals surface area contributed by atoms with E-state index in [1.807, 2.05) is 12.4 Å². The van der Waals surface area contributed by atoms with Crippen molar-refractivity contribution in [2.45, 2.75) is 70.5 Å². The molecular weight excluding hydrogens is 398 g/mol. The summed E-state index contributed by atoms with van der Waals surface area (Å²) in [4.78, 5) is 13.6. The summed E-state index contributed by atoms with van der Waals surface area (Å²) in [7, 11) is 0. The summed E-state index contributed by atoms with van der Waals surface area (Å²) >= 11 is 0. The first-order valence-electron chi connectivity index (χ1n) is 11.7. The van der Waals surface area contributed by atoms with Gasteiger partial charge in [0.1, 0.15) is 0 Å². The lowest BCUT2D eigenvalue weighted by molar-refractivity contribution is -0.119. The maximum absolute atomic E-state index is 13.6. The number of Topliss-reactive ketones (excluding diaryl/α,β-unsaturated/α-hetero) is 1. The molecule has 0 bridgehead atoms. The molecule has 0 spiro atoms. The molecule has 1 N–H and O–H groups in total. The molecule has 6 rings (SSSR count). The van der Waals surface area contributed by atoms with Crippen LogP contribution in [0.2, 0.25) is 0 Å². The molecule has 2 aromatic rings. The lowest BCUT2D eigenvalue weighted by atomic mass is 9.58. The average molecular weight is 428 g/mol. The van der Waals surface area contributed by atoms with E-state index in [2.05, 4.69) is 76.6 Å². The van der Waals surface area contributed by atoms with Crippen molar-refractivity contribution in [2.75, 3.05) is 0 Å². The summed E-state index contributed by atoms with van der Waals surface area (Å²) in [6, 6.07) is 9.21. The number of hydrogen-bond donors (Lipinski definition) is 1. The van der Waals surface area contributed by atoms with Crippen LogP contribution in [0.5, 0.6) is 0 Å². The topological polar surface area (TPSA) is 71.6 Å². The number of ketones is 1. The van der Waals surface area contributed by atoms with Crippen molar-refractivity contribution < 1.29 is 4.79 Å². The largest absolute Gasteiger partial charge is 0.362 e. The minimum Gasteiger partial charge on any atom is -0.362 e. The zero-order valence-corrected chi connectivity index (χ0v) is 18.9. The molecule has 1 unspecified atom stereocenters. The number of hydrogen-bond acceptors (Lipinski definition) is 5. The highest BCUT2D eigenvalue weighted by Crippen LogP contribution is 2.54. The normalized spacial score (nSPS) is 28.3. The second-order valence-electron chi connectivity index (χ2n) is 10.4. The summed E-state index contributed by atoms with van der Waals surface area (Å²) in [5.74, 6) is 0.240. The van der Waals surface area contributed by atoms with E-state index in [4.69, 9.17) is 0 Å². The molecule has 1 aromatic carbocycles. The van der Waals surface area contributed by atoms with Crippen molar-refractivity contribution in [1.82, 2.24) is 15.1 Å². The minimum atomic E-state index is -0.509. The molecule has 1 aromatic heterocycles. The number of nitrogens with zero attached hydrogens (tertiary/aromatic N) is 4. The van der Waals surface area contributed by atoms with Gasteiger partial charge in [-0.25, -0.2) is 0 Å². The van der Waals surface area contributed by atoms with Gasteiger partial charge in [-0.3, -0.25) is 9.48 Å². The Morgan fingerprint density at radius 2 is 2.03 bits per heavy atom. The zero-order valence-electron chi connectivity index (χ0n) is 18.9. The first-order valence-corrected chi connectivity index (χ1v) is 11.7. The molecule has 0 saturated heterocycles. The summed E-state index contributed by atoms with van der Waals surface area (Å²) in [5, 5.41) is 16.9. The maximum atomic E-state index is 13.6. The number of aromatic nitrogens is 2. The number of allylic oxidation sites excluding steroid dienone is 2. The van der Waals surface area contributed by atoms with Gasteiger partial charge in [0.05, 0.1) is 23.9 Å². The van der Waals surface area contributed by atoms with Crippen molar-refractivity contribution >= 4 is 5.78 Å². The van der Waals surface area contributed by atoms with Crippen molar-refractivity contribution in [3.05, 3.63) is 65.3 Å². The van der Waals surface area contributed by atoms with Crippen molar-refractivity contribution in [3.8, 4) is 11.1 Å². The summed E-state index contributed by atoms with van der Waals surface area (Å²) in [5.41, 5.74) is 5.87. The predicted octanol–water partition coefficient (Wildman–Crippen LogP) is 5.46. The third-order valence-corrected chi connectivity index (χ3v) is 7.52. The average Bonchev–Trinajstić information content (AvgIpc) is 3.29. The first kappa shape index (κ1) is 19.6. The van der Waals surface area contributed by atoms with E-state index in [9.17, 15) is 4.79 Å². The number of nitrogens with one attached hydrogen (secondary N) is 1. The van der Waals surface area contributed by atoms with E-state index in [0.29, 0.717) is 12.5 Å². The maximum Gasteiger partial charge on any atom is 0.164 e. The first-order chi connectivity index (χ1) is 15.4. The highest BCUT2D eigenvalue weighted by atomic mass is 16.1. The van der Waals surface area contributed by atoms with E-state index < -0.39 is 5.41 Å². The lowest BCUT2D eigenvalue weighted by Gasteiger charge is -2.47. The van der Waals surface area contributed by atoms with E-state index in [1.165, 1.54) is 12.8 Å². The van der Waals surface area contributed by atoms with Gasteiger partial charge < -0.3 is 5.32 Å². The Kier molecular flexibility index (Phi) is 4.14. The quantitative estimate of drug-likeness (QED) is 0.705. The van der Waals surface area contributed by atoms with Crippen LogP contribution >= 0.6 is 0 Å². The molecule has 1 fully saturated rings. The Labute approximate surface area is 188 Å². The van der Waals surface area contributed by atoms with Crippen molar-refractivity contribution in [1.29, 1.82) is 0 Å². The summed E-state index contributed by atoms with van der Waals surface area (Å²) < 4.78 is 2.09. The van der Waals surface area contributed by atoms with E-state index >= 15 is 0 Å². The second-order valence-corrected chi connectivity index (χ2v) is 10.4. The van der Waals surface area contributed by atoms with Crippen LogP contribution in [-0.2, 0) is 10.2 Å². The van der Waals surface area contributed by atoms with Crippen molar-refractivity contribution in [3.63, 3.8) is 0 Å². The molecule has 6 heteroatoms. The van der Waals surface area contributed by atoms with Crippen LogP contribution in [0.3, 0.4) is 0 Å². The number of fused-ring (bicyclic) bond motifs is 1. The van der Waals surface area contributed by atoms with Crippen LogP contribution < -0.4 is 5.32 Å². The molecule has 164 valence electrons. The number of rotatable bonds is 4. The van der Waals surface area contributed by atoms with Crippen LogP contribution in [0.25, 0.3) is 11.1 Å². The Bertz CT molecular complexity index is 1210. The van der Waals surface area contributed by atoms with Crippen LogP contribution in [0.4, 0.5) is 0 Å². The van der Waals surface area contributed by atoms with Crippen LogP contribution in [0.15, 0.2) is 69.9 Å². The van der Waals surface area contributed by atoms with Crippen LogP contribution in [0, 0.1) is 5.41 Å². The molecule has 1 saturated carbocycles. The Morgan fingerprint density at radius 1 is 1.19 bits per heavy atom. The third kappa shape index (κ3) is 2.85. The highest BCUT2D eigenvalue weighted by Gasteiger charge is 2.53. The Hall–Kier alpha value is -3.02. The van der Waals surface area contributed by atoms with Gasteiger partial charge in [0.2, 0.25) is 0 Å². The fourth-order valence-electron chi connectivity index (χ4n) is 5.88. The van der Waals surface area contributed by atoms with Gasteiger partial charge >= 0.3 is 0 Å². The molecule has 0 radical (unpaired) electrons. The molecule has 2 aliphatic heterocycles. The van der Waals surface area contributed by atoms with Crippen LogP contribution in [-0.4, -0.2) is 21.7 Å². The van der Waals surface area contributed by atoms with Gasteiger partial charge in [-0.2, -0.15) is 15.3 Å². The Morgan fingerprint density at radius 3 is 2.81 bits per heavy atom. The molecule has 2 atom stereocenters. The van der Waals surface area contributed by atoms with E-state index in [1.54, 1.807) is 0 Å². The SMILES string of the molecule is CC[C@@]1(c2cccc(-c3cnn(C4CC4)c3)c2)C2=CN=NC2NC2=C1C(=O)CC(C)(C)C2. The zero-order chi connectivity index (χ0) is 22.1. The van der Waals surface area contributed by atoms with Crippen molar-refractivity contribution in [2.24, 2.45) is 15.6 Å². The number of benzene rings is 1. The van der Waals surface area contributed by atoms with Gasteiger partial charge in [0.25, 0.3) is 0 Å². The molecule has 4 aliphatic rings. The lowest BCUT2D eigenvalue weighted by Crippen LogP contribution is -2.51. The molecule has 32 heavy (non-hydrogen) atoms.